The molecule has 0 atom stereocenters. The number of unbranched alkanes of at least 4 members (excludes halogenated alkanes) is 2. The Morgan fingerprint density at radius 2 is 1.44 bits per heavy atom. The van der Waals surface area contributed by atoms with Crippen LogP contribution in [-0.2, 0) is 15.6 Å². The van der Waals surface area contributed by atoms with E-state index >= 15 is 0 Å². The second kappa shape index (κ2) is 13.7. The maximum absolute atomic E-state index is 11.3. The molecule has 0 saturated carbocycles. The van der Waals surface area contributed by atoms with E-state index in [9.17, 15) is 14.2 Å². The van der Waals surface area contributed by atoms with Crippen molar-refractivity contribution in [2.24, 2.45) is 0 Å². The van der Waals surface area contributed by atoms with Crippen molar-refractivity contribution < 1.29 is 95.8 Å². The van der Waals surface area contributed by atoms with E-state index in [1.807, 2.05) is 18.2 Å². The molecule has 0 heterocycles. The van der Waals surface area contributed by atoms with E-state index in [2.05, 4.69) is 12.1 Å². The van der Waals surface area contributed by atoms with Crippen LogP contribution in [0.3, 0.4) is 0 Å². The van der Waals surface area contributed by atoms with Crippen LogP contribution < -0.4 is 59.1 Å². The second-order valence-electron chi connectivity index (χ2n) is 6.21. The van der Waals surface area contributed by atoms with Crippen LogP contribution in [-0.4, -0.2) is 54.8 Å². The summed E-state index contributed by atoms with van der Waals surface area (Å²) in [5.74, 6) is 0. The van der Waals surface area contributed by atoms with Gasteiger partial charge in [0.2, 0.25) is 0 Å². The molecule has 12 heteroatoms. The van der Waals surface area contributed by atoms with Crippen molar-refractivity contribution in [2.45, 2.75) is 37.2 Å². The molecule has 0 amide bonds. The Balaban J connectivity index is -0.000000781. The Kier molecular flexibility index (Phi) is 15.5. The number of rotatable bonds is 11. The number of nitrogens with zero attached hydrogens (tertiary/aromatic N) is 1. The zero-order valence-corrected chi connectivity index (χ0v) is 22.0. The van der Waals surface area contributed by atoms with E-state index in [0.29, 0.717) is 6.54 Å². The van der Waals surface area contributed by atoms with Crippen LogP contribution >= 0.6 is 15.2 Å². The van der Waals surface area contributed by atoms with Crippen LogP contribution in [0.4, 0.5) is 0 Å². The van der Waals surface area contributed by atoms with Crippen LogP contribution in [0.1, 0.15) is 34.1 Å². The van der Waals surface area contributed by atoms with Crippen molar-refractivity contribution in [3.63, 3.8) is 0 Å². The SMILES string of the molecule is CN(CCCCCc1ccccc1)CCC(O)(P(=O)(O)O)P(=O)(O)O.[H-].[H-].[Na+].[Na+]. The summed E-state index contributed by atoms with van der Waals surface area (Å²) in [6.45, 7) is 0.568. The van der Waals surface area contributed by atoms with Crippen LogP contribution in [0.15, 0.2) is 30.3 Å². The van der Waals surface area contributed by atoms with Gasteiger partial charge in [0.1, 0.15) is 0 Å². The second-order valence-corrected chi connectivity index (χ2v) is 10.2. The van der Waals surface area contributed by atoms with E-state index in [0.717, 1.165) is 25.7 Å². The molecule has 0 saturated heterocycles. The summed E-state index contributed by atoms with van der Waals surface area (Å²) in [6, 6.07) is 10.1. The maximum Gasteiger partial charge on any atom is 1.00 e. The third-order valence-electron chi connectivity index (χ3n) is 4.11. The van der Waals surface area contributed by atoms with Gasteiger partial charge in [0.05, 0.1) is 0 Å². The number of benzene rings is 1. The van der Waals surface area contributed by atoms with Crippen LogP contribution in [0.5, 0.6) is 0 Å². The smallest absolute Gasteiger partial charge is 1.00 e. The van der Waals surface area contributed by atoms with Crippen LogP contribution in [0.25, 0.3) is 0 Å². The third-order valence-corrected chi connectivity index (χ3v) is 7.99. The molecule has 8 nitrogen and oxygen atoms in total. The number of hydrogen-bond acceptors (Lipinski definition) is 4. The molecule has 27 heavy (non-hydrogen) atoms. The van der Waals surface area contributed by atoms with E-state index in [1.165, 1.54) is 5.56 Å². The molecule has 0 aromatic heterocycles. The molecule has 0 bridgehead atoms. The van der Waals surface area contributed by atoms with Crippen molar-refractivity contribution >= 4 is 15.2 Å². The first-order valence-electron chi connectivity index (χ1n) is 8.03. The Hall–Kier alpha value is 1.44. The van der Waals surface area contributed by atoms with Crippen LogP contribution in [0, 0.1) is 0 Å². The Morgan fingerprint density at radius 3 is 1.93 bits per heavy atom. The van der Waals surface area contributed by atoms with Gasteiger partial charge in [-0.05, 0) is 38.4 Å². The van der Waals surface area contributed by atoms with Crippen LogP contribution in [0.2, 0.25) is 0 Å². The molecule has 0 aliphatic heterocycles. The van der Waals surface area contributed by atoms with Crippen molar-refractivity contribution in [3.8, 4) is 0 Å². The Bertz CT molecular complexity index is 612. The van der Waals surface area contributed by atoms with Gasteiger partial charge in [0, 0.05) is 13.0 Å². The molecular formula is C15H29NNa2O7P2. The van der Waals surface area contributed by atoms with Gasteiger partial charge in [-0.25, -0.2) is 0 Å². The fourth-order valence-corrected chi connectivity index (χ4v) is 4.59. The quantitative estimate of drug-likeness (QED) is 0.132. The Labute approximate surface area is 207 Å². The predicted octanol–water partition coefficient (Wildman–Crippen LogP) is -4.04. The molecule has 0 fully saturated rings. The van der Waals surface area contributed by atoms with Gasteiger partial charge in [-0.1, -0.05) is 36.8 Å². The molecule has 0 spiro atoms. The predicted molar refractivity (Wildman–Crippen MR) is 97.4 cm³/mol. The molecule has 0 aliphatic rings. The minimum atomic E-state index is -5.37. The molecular weight excluding hydrogens is 414 g/mol. The van der Waals surface area contributed by atoms with Gasteiger partial charge in [0.15, 0.2) is 0 Å². The summed E-state index contributed by atoms with van der Waals surface area (Å²) in [7, 11) is -9.06. The van der Waals surface area contributed by atoms with Gasteiger partial charge in [0.25, 0.3) is 5.08 Å². The zero-order valence-electron chi connectivity index (χ0n) is 18.2. The first kappa shape index (κ1) is 30.6. The molecule has 0 radical (unpaired) electrons. The number of hydrogen-bond donors (Lipinski definition) is 5. The topological polar surface area (TPSA) is 139 Å². The summed E-state index contributed by atoms with van der Waals surface area (Å²) in [4.78, 5) is 38.1. The van der Waals surface area contributed by atoms with Gasteiger partial charge in [-0.3, -0.25) is 9.13 Å². The molecule has 1 aromatic carbocycles. The summed E-state index contributed by atoms with van der Waals surface area (Å²) >= 11 is 0. The standard InChI is InChI=1S/C15H27NO7P2.2Na.2H/c1-16(12-7-3-6-10-14-8-4-2-5-9-14)13-11-15(17,24(18,19)20)25(21,22)23;;;;/h2,4-5,8-9,17H,3,6-7,10-13H2,1H3,(H2,18,19,20)(H2,21,22,23);;;;/q;2*+1;2*-1. The van der Waals surface area contributed by atoms with Gasteiger partial charge < -0.3 is 32.4 Å². The average molecular weight is 443 g/mol. The van der Waals surface area contributed by atoms with Crippen molar-refractivity contribution in [2.75, 3.05) is 20.1 Å². The van der Waals surface area contributed by atoms with E-state index in [4.69, 9.17) is 19.6 Å². The molecule has 148 valence electrons. The third kappa shape index (κ3) is 10.3. The van der Waals surface area contributed by atoms with E-state index in [-0.39, 0.29) is 68.5 Å². The number of aliphatic hydroxyl groups is 1. The van der Waals surface area contributed by atoms with E-state index < -0.39 is 26.7 Å². The Morgan fingerprint density at radius 1 is 0.926 bits per heavy atom. The monoisotopic (exact) mass is 443 g/mol. The fourth-order valence-electron chi connectivity index (χ4n) is 2.45. The summed E-state index contributed by atoms with van der Waals surface area (Å²) in [5, 5.41) is 6.48. The van der Waals surface area contributed by atoms with Crippen molar-refractivity contribution in [1.29, 1.82) is 0 Å². The largest absolute Gasteiger partial charge is 1.00 e. The molecule has 1 aromatic rings. The first-order valence-corrected chi connectivity index (χ1v) is 11.3. The van der Waals surface area contributed by atoms with Crippen molar-refractivity contribution in [1.82, 2.24) is 4.90 Å². The minimum Gasteiger partial charge on any atom is -1.00 e. The molecule has 1 rings (SSSR count). The van der Waals surface area contributed by atoms with E-state index in [1.54, 1.807) is 11.9 Å². The summed E-state index contributed by atoms with van der Waals surface area (Å²) in [6.07, 6.45) is 3.07. The van der Waals surface area contributed by atoms with Gasteiger partial charge in [-0.2, -0.15) is 0 Å². The zero-order chi connectivity index (χ0) is 19.1. The van der Waals surface area contributed by atoms with Gasteiger partial charge >= 0.3 is 74.3 Å². The summed E-state index contributed by atoms with van der Waals surface area (Å²) in [5.41, 5.74) is 1.27. The average Bonchev–Trinajstić information content (AvgIpc) is 2.51. The fraction of sp³-hybridized carbons (Fsp3) is 0.600. The molecule has 0 aliphatic carbocycles. The first-order chi connectivity index (χ1) is 11.5. The molecule has 0 unspecified atom stereocenters. The number of aryl methyl sites for hydroxylation is 1. The summed E-state index contributed by atoms with van der Waals surface area (Å²) < 4.78 is 22.6. The molecule has 5 N–H and O–H groups in total. The van der Waals surface area contributed by atoms with Crippen molar-refractivity contribution in [3.05, 3.63) is 35.9 Å². The van der Waals surface area contributed by atoms with Gasteiger partial charge in [-0.15, -0.1) is 0 Å². The normalized spacial score (nSPS) is 12.4. The minimum absolute atomic E-state index is 0. The maximum atomic E-state index is 11.3.